The quantitative estimate of drug-likeness (QED) is 0.0844. The summed E-state index contributed by atoms with van der Waals surface area (Å²) in [4.78, 5) is 23.8. The lowest BCUT2D eigenvalue weighted by atomic mass is 10.1. The van der Waals surface area contributed by atoms with Gasteiger partial charge in [0.15, 0.2) is 0 Å². The number of carbonyl (C=O) groups excluding carboxylic acids is 1. The average Bonchev–Trinajstić information content (AvgIpc) is 3.08. The van der Waals surface area contributed by atoms with E-state index in [-0.39, 0.29) is 35.0 Å². The van der Waals surface area contributed by atoms with Crippen LogP contribution in [0.4, 0.5) is 11.4 Å². The molecular formula is C35H29ClN4O6S. The van der Waals surface area contributed by atoms with Crippen molar-refractivity contribution < 1.29 is 22.9 Å². The van der Waals surface area contributed by atoms with Gasteiger partial charge in [-0.2, -0.15) is 5.10 Å². The van der Waals surface area contributed by atoms with Gasteiger partial charge in [0.1, 0.15) is 12.4 Å². The SMILES string of the molecule is Cc1ccc(S(=O)(=O)N(Cc2ccc(Cl)cc2)c2ccccc2C(=O)N/N=C\c2ccc(OCc3ccc([N+](=O)[O-])cc3)cc2)cc1. The van der Waals surface area contributed by atoms with Gasteiger partial charge in [0.25, 0.3) is 21.6 Å². The molecule has 0 aliphatic rings. The predicted molar refractivity (Wildman–Crippen MR) is 181 cm³/mol. The number of non-ortho nitro benzene ring substituents is 1. The number of anilines is 1. The number of nitro benzene ring substituents is 1. The Bertz CT molecular complexity index is 2000. The van der Waals surface area contributed by atoms with Crippen LogP contribution in [0.3, 0.4) is 0 Å². The van der Waals surface area contributed by atoms with E-state index in [1.165, 1.54) is 28.7 Å². The molecule has 0 radical (unpaired) electrons. The Morgan fingerprint density at radius 2 is 1.53 bits per heavy atom. The predicted octanol–water partition coefficient (Wildman–Crippen LogP) is 7.30. The zero-order chi connectivity index (χ0) is 33.4. The number of amides is 1. The van der Waals surface area contributed by atoms with E-state index in [1.54, 1.807) is 103 Å². The maximum absolute atomic E-state index is 14.0. The molecule has 5 rings (SSSR count). The highest BCUT2D eigenvalue weighted by Crippen LogP contribution is 2.30. The largest absolute Gasteiger partial charge is 0.489 e. The first kappa shape index (κ1) is 32.9. The van der Waals surface area contributed by atoms with Crippen molar-refractivity contribution in [3.8, 4) is 5.75 Å². The minimum atomic E-state index is -4.09. The number of nitrogens with one attached hydrogen (secondary N) is 1. The number of aryl methyl sites for hydroxylation is 1. The van der Waals surface area contributed by atoms with E-state index in [0.717, 1.165) is 11.1 Å². The third-order valence-corrected chi connectivity index (χ3v) is 9.10. The number of hydrogen-bond acceptors (Lipinski definition) is 7. The molecule has 5 aromatic carbocycles. The molecule has 0 aliphatic carbocycles. The molecule has 0 atom stereocenters. The van der Waals surface area contributed by atoms with Crippen molar-refractivity contribution in [1.29, 1.82) is 0 Å². The molecule has 0 spiro atoms. The number of hydrogen-bond donors (Lipinski definition) is 1. The van der Waals surface area contributed by atoms with Gasteiger partial charge in [-0.15, -0.1) is 0 Å². The molecule has 0 saturated heterocycles. The summed E-state index contributed by atoms with van der Waals surface area (Å²) in [6.07, 6.45) is 1.45. The van der Waals surface area contributed by atoms with E-state index >= 15 is 0 Å². The Kier molecular flexibility index (Phi) is 10.3. The second kappa shape index (κ2) is 14.7. The van der Waals surface area contributed by atoms with E-state index < -0.39 is 20.9 Å². The summed E-state index contributed by atoms with van der Waals surface area (Å²) in [5.74, 6) is -0.0193. The highest BCUT2D eigenvalue weighted by atomic mass is 35.5. The number of hydrazone groups is 1. The first-order chi connectivity index (χ1) is 22.6. The van der Waals surface area contributed by atoms with E-state index in [1.807, 2.05) is 6.92 Å². The molecule has 10 nitrogen and oxygen atoms in total. The third kappa shape index (κ3) is 8.40. The summed E-state index contributed by atoms with van der Waals surface area (Å²) in [6, 6.07) is 32.8. The molecule has 0 aromatic heterocycles. The van der Waals surface area contributed by atoms with Gasteiger partial charge < -0.3 is 4.74 Å². The highest BCUT2D eigenvalue weighted by molar-refractivity contribution is 7.92. The maximum Gasteiger partial charge on any atom is 0.273 e. The summed E-state index contributed by atoms with van der Waals surface area (Å²) < 4.78 is 34.9. The molecule has 238 valence electrons. The first-order valence-electron chi connectivity index (χ1n) is 14.3. The van der Waals surface area contributed by atoms with Gasteiger partial charge >= 0.3 is 0 Å². The lowest BCUT2D eigenvalue weighted by Crippen LogP contribution is -2.33. The molecular weight excluding hydrogens is 640 g/mol. The summed E-state index contributed by atoms with van der Waals surface area (Å²) in [6.45, 7) is 2.06. The number of carbonyl (C=O) groups is 1. The molecule has 0 heterocycles. The van der Waals surface area contributed by atoms with Crippen LogP contribution >= 0.6 is 11.6 Å². The second-order valence-electron chi connectivity index (χ2n) is 10.4. The molecule has 1 N–H and O–H groups in total. The normalized spacial score (nSPS) is 11.3. The van der Waals surface area contributed by atoms with Gasteiger partial charge in [-0.05, 0) is 96.4 Å². The van der Waals surface area contributed by atoms with Crippen LogP contribution in [0.2, 0.25) is 5.02 Å². The number of nitrogens with zero attached hydrogens (tertiary/aromatic N) is 3. The molecule has 0 unspecified atom stereocenters. The standard InChI is InChI=1S/C35H29ClN4O6S/c1-25-6-20-32(21-7-25)47(44,45)39(23-27-8-14-29(36)15-9-27)34-5-3-2-4-33(34)35(41)38-37-22-26-12-18-31(19-13-26)46-24-28-10-16-30(17-11-28)40(42)43/h2-22H,23-24H2,1H3,(H,38,41)/b37-22-. The summed E-state index contributed by atoms with van der Waals surface area (Å²) >= 11 is 6.06. The fourth-order valence-corrected chi connectivity index (χ4v) is 6.13. The number of sulfonamides is 1. The minimum Gasteiger partial charge on any atom is -0.489 e. The van der Waals surface area contributed by atoms with Gasteiger partial charge in [-0.3, -0.25) is 19.2 Å². The summed E-state index contributed by atoms with van der Waals surface area (Å²) in [7, 11) is -4.09. The second-order valence-corrected chi connectivity index (χ2v) is 12.7. The van der Waals surface area contributed by atoms with Gasteiger partial charge in [0.2, 0.25) is 0 Å². The van der Waals surface area contributed by atoms with Gasteiger partial charge in [0, 0.05) is 17.2 Å². The number of benzene rings is 5. The number of nitro groups is 1. The van der Waals surface area contributed by atoms with Gasteiger partial charge in [-0.25, -0.2) is 13.8 Å². The number of para-hydroxylation sites is 1. The zero-order valence-electron chi connectivity index (χ0n) is 25.1. The Labute approximate surface area is 277 Å². The molecule has 0 fully saturated rings. The van der Waals surface area contributed by atoms with Crippen LogP contribution in [0.25, 0.3) is 0 Å². The van der Waals surface area contributed by atoms with E-state index in [9.17, 15) is 23.3 Å². The van der Waals surface area contributed by atoms with E-state index in [4.69, 9.17) is 16.3 Å². The van der Waals surface area contributed by atoms with E-state index in [0.29, 0.717) is 21.9 Å². The first-order valence-corrected chi connectivity index (χ1v) is 16.1. The minimum absolute atomic E-state index is 0.00974. The zero-order valence-corrected chi connectivity index (χ0v) is 26.7. The van der Waals surface area contributed by atoms with Crippen molar-refractivity contribution in [1.82, 2.24) is 5.43 Å². The summed E-state index contributed by atoms with van der Waals surface area (Å²) in [5, 5.41) is 15.4. The Morgan fingerprint density at radius 1 is 0.894 bits per heavy atom. The average molecular weight is 669 g/mol. The molecule has 5 aromatic rings. The van der Waals surface area contributed by atoms with Crippen LogP contribution in [-0.2, 0) is 23.2 Å². The lowest BCUT2D eigenvalue weighted by Gasteiger charge is -2.26. The highest BCUT2D eigenvalue weighted by Gasteiger charge is 2.28. The molecule has 0 saturated carbocycles. The third-order valence-electron chi connectivity index (χ3n) is 7.08. The number of rotatable bonds is 12. The van der Waals surface area contributed by atoms with Crippen LogP contribution in [-0.4, -0.2) is 25.5 Å². The number of halogens is 1. The van der Waals surface area contributed by atoms with Crippen molar-refractivity contribution in [3.05, 3.63) is 164 Å². The van der Waals surface area contributed by atoms with Crippen molar-refractivity contribution in [2.45, 2.75) is 25.0 Å². The van der Waals surface area contributed by atoms with Crippen LogP contribution in [0.15, 0.2) is 131 Å². The smallest absolute Gasteiger partial charge is 0.273 e. The van der Waals surface area contributed by atoms with Crippen LogP contribution in [0.5, 0.6) is 5.75 Å². The Balaban J connectivity index is 1.31. The van der Waals surface area contributed by atoms with Gasteiger partial charge in [-0.1, -0.05) is 53.6 Å². The number of ether oxygens (including phenoxy) is 1. The molecule has 0 aliphatic heterocycles. The van der Waals surface area contributed by atoms with Crippen LogP contribution in [0.1, 0.15) is 32.6 Å². The van der Waals surface area contributed by atoms with Crippen molar-refractivity contribution >= 4 is 45.1 Å². The van der Waals surface area contributed by atoms with Crippen molar-refractivity contribution in [3.63, 3.8) is 0 Å². The fourth-order valence-electron chi connectivity index (χ4n) is 4.53. The molecule has 1 amide bonds. The Hall–Kier alpha value is -5.52. The van der Waals surface area contributed by atoms with Crippen LogP contribution < -0.4 is 14.5 Å². The lowest BCUT2D eigenvalue weighted by molar-refractivity contribution is -0.384. The van der Waals surface area contributed by atoms with Crippen molar-refractivity contribution in [2.75, 3.05) is 4.31 Å². The summed E-state index contributed by atoms with van der Waals surface area (Å²) in [5.41, 5.74) is 5.85. The molecule has 12 heteroatoms. The topological polar surface area (TPSA) is 131 Å². The monoisotopic (exact) mass is 668 g/mol. The van der Waals surface area contributed by atoms with Crippen molar-refractivity contribution in [2.24, 2.45) is 5.10 Å². The van der Waals surface area contributed by atoms with Gasteiger partial charge in [0.05, 0.1) is 33.8 Å². The Morgan fingerprint density at radius 3 is 2.19 bits per heavy atom. The van der Waals surface area contributed by atoms with E-state index in [2.05, 4.69) is 10.5 Å². The molecule has 0 bridgehead atoms. The fraction of sp³-hybridized carbons (Fsp3) is 0.0857. The van der Waals surface area contributed by atoms with Crippen LogP contribution in [0, 0.1) is 17.0 Å². The maximum atomic E-state index is 14.0. The molecule has 47 heavy (non-hydrogen) atoms.